The first kappa shape index (κ1) is 12.0. The van der Waals surface area contributed by atoms with E-state index in [1.807, 2.05) is 13.8 Å². The van der Waals surface area contributed by atoms with Crippen LogP contribution in [0.25, 0.3) is 0 Å². The normalized spacial score (nSPS) is 35.9. The molecule has 0 aromatic heterocycles. The summed E-state index contributed by atoms with van der Waals surface area (Å²) in [5.74, 6) is -0.857. The molecular weight excluding hydrogens is 194 g/mol. The van der Waals surface area contributed by atoms with Gasteiger partial charge in [0, 0.05) is 6.92 Å². The van der Waals surface area contributed by atoms with E-state index < -0.39 is 11.5 Å². The Hall–Kier alpha value is -1.06. The van der Waals surface area contributed by atoms with Crippen molar-refractivity contribution in [3.05, 3.63) is 0 Å². The third-order valence-corrected chi connectivity index (χ3v) is 3.64. The van der Waals surface area contributed by atoms with Gasteiger partial charge in [-0.3, -0.25) is 4.79 Å². The molecule has 2 N–H and O–H groups in total. The molecule has 0 aromatic carbocycles. The van der Waals surface area contributed by atoms with Crippen LogP contribution in [0.5, 0.6) is 0 Å². The lowest BCUT2D eigenvalue weighted by atomic mass is 9.68. The second kappa shape index (κ2) is 4.21. The molecule has 0 heterocycles. The van der Waals surface area contributed by atoms with E-state index in [4.69, 9.17) is 0 Å². The van der Waals surface area contributed by atoms with Crippen LogP contribution in [0.4, 0.5) is 0 Å². The average molecular weight is 213 g/mol. The second-order valence-corrected chi connectivity index (χ2v) is 4.62. The third kappa shape index (κ3) is 2.13. The van der Waals surface area contributed by atoms with Gasteiger partial charge in [0.1, 0.15) is 5.54 Å². The van der Waals surface area contributed by atoms with Crippen molar-refractivity contribution in [1.29, 1.82) is 0 Å². The summed E-state index contributed by atoms with van der Waals surface area (Å²) in [6, 6.07) is 0. The van der Waals surface area contributed by atoms with Gasteiger partial charge in [0.2, 0.25) is 5.91 Å². The number of carboxylic acid groups (broad SMARTS) is 1. The van der Waals surface area contributed by atoms with Gasteiger partial charge in [0.15, 0.2) is 0 Å². The van der Waals surface area contributed by atoms with E-state index in [1.165, 1.54) is 6.92 Å². The fourth-order valence-corrected chi connectivity index (χ4v) is 2.51. The van der Waals surface area contributed by atoms with Crippen molar-refractivity contribution in [2.45, 2.75) is 45.6 Å². The quantitative estimate of drug-likeness (QED) is 0.728. The largest absolute Gasteiger partial charge is 0.479 e. The van der Waals surface area contributed by atoms with Gasteiger partial charge in [-0.05, 0) is 18.3 Å². The zero-order chi connectivity index (χ0) is 11.6. The molecule has 4 heteroatoms. The Morgan fingerprint density at radius 3 is 2.47 bits per heavy atom. The van der Waals surface area contributed by atoms with E-state index in [-0.39, 0.29) is 11.8 Å². The molecule has 1 aliphatic rings. The summed E-state index contributed by atoms with van der Waals surface area (Å²) in [5, 5.41) is 11.9. The van der Waals surface area contributed by atoms with Crippen LogP contribution in [0.15, 0.2) is 0 Å². The van der Waals surface area contributed by atoms with E-state index >= 15 is 0 Å². The molecule has 15 heavy (non-hydrogen) atoms. The van der Waals surface area contributed by atoms with E-state index in [9.17, 15) is 14.7 Å². The molecule has 0 saturated heterocycles. The van der Waals surface area contributed by atoms with E-state index in [0.29, 0.717) is 12.3 Å². The van der Waals surface area contributed by atoms with Gasteiger partial charge in [-0.15, -0.1) is 0 Å². The molecule has 0 aromatic rings. The van der Waals surface area contributed by atoms with Crippen LogP contribution in [-0.2, 0) is 9.59 Å². The fraction of sp³-hybridized carbons (Fsp3) is 0.818. The first-order valence-electron chi connectivity index (χ1n) is 5.42. The molecule has 1 amide bonds. The van der Waals surface area contributed by atoms with Gasteiger partial charge in [0.25, 0.3) is 0 Å². The minimum atomic E-state index is -1.05. The molecule has 86 valence electrons. The SMILES string of the molecule is CC(=O)NC1(C(=O)O)CCCC(C)C1C. The van der Waals surface area contributed by atoms with E-state index in [2.05, 4.69) is 5.32 Å². The fourth-order valence-electron chi connectivity index (χ4n) is 2.51. The van der Waals surface area contributed by atoms with Crippen molar-refractivity contribution < 1.29 is 14.7 Å². The summed E-state index contributed by atoms with van der Waals surface area (Å²) in [7, 11) is 0. The number of amides is 1. The highest BCUT2D eigenvalue weighted by Gasteiger charge is 2.48. The van der Waals surface area contributed by atoms with Gasteiger partial charge in [0.05, 0.1) is 0 Å². The maximum Gasteiger partial charge on any atom is 0.329 e. The van der Waals surface area contributed by atoms with Crippen LogP contribution < -0.4 is 5.32 Å². The summed E-state index contributed by atoms with van der Waals surface area (Å²) in [5.41, 5.74) is -1.05. The van der Waals surface area contributed by atoms with Gasteiger partial charge < -0.3 is 10.4 Å². The molecule has 4 nitrogen and oxygen atoms in total. The van der Waals surface area contributed by atoms with Crippen molar-refractivity contribution in [2.24, 2.45) is 11.8 Å². The van der Waals surface area contributed by atoms with Crippen LogP contribution in [0.3, 0.4) is 0 Å². The molecule has 0 bridgehead atoms. The second-order valence-electron chi connectivity index (χ2n) is 4.62. The van der Waals surface area contributed by atoms with Crippen LogP contribution >= 0.6 is 0 Å². The number of carbonyl (C=O) groups excluding carboxylic acids is 1. The summed E-state index contributed by atoms with van der Waals surface area (Å²) >= 11 is 0. The van der Waals surface area contributed by atoms with E-state index in [1.54, 1.807) is 0 Å². The molecule has 3 unspecified atom stereocenters. The lowest BCUT2D eigenvalue weighted by molar-refractivity contribution is -0.153. The number of hydrogen-bond donors (Lipinski definition) is 2. The smallest absolute Gasteiger partial charge is 0.329 e. The molecule has 3 atom stereocenters. The topological polar surface area (TPSA) is 66.4 Å². The molecule has 0 spiro atoms. The maximum atomic E-state index is 11.4. The minimum absolute atomic E-state index is 0.0207. The molecule has 1 fully saturated rings. The van der Waals surface area contributed by atoms with Crippen LogP contribution in [0.2, 0.25) is 0 Å². The Morgan fingerprint density at radius 1 is 1.40 bits per heavy atom. The third-order valence-electron chi connectivity index (χ3n) is 3.64. The number of aliphatic carboxylic acids is 1. The van der Waals surface area contributed by atoms with Gasteiger partial charge >= 0.3 is 5.97 Å². The number of hydrogen-bond acceptors (Lipinski definition) is 2. The Labute approximate surface area is 90.0 Å². The first-order valence-corrected chi connectivity index (χ1v) is 5.42. The standard InChI is InChI=1S/C11H19NO3/c1-7-5-4-6-11(8(7)2,10(14)15)12-9(3)13/h7-8H,4-6H2,1-3H3,(H,12,13)(H,14,15). The number of nitrogens with one attached hydrogen (secondary N) is 1. The molecule has 1 rings (SSSR count). The summed E-state index contributed by atoms with van der Waals surface area (Å²) in [4.78, 5) is 22.5. The predicted molar refractivity (Wildman–Crippen MR) is 56.4 cm³/mol. The Kier molecular flexibility index (Phi) is 3.37. The average Bonchev–Trinajstić information content (AvgIpc) is 2.12. The van der Waals surface area contributed by atoms with Crippen molar-refractivity contribution >= 4 is 11.9 Å². The lowest BCUT2D eigenvalue weighted by Gasteiger charge is -2.42. The monoisotopic (exact) mass is 213 g/mol. The predicted octanol–water partition coefficient (Wildman–Crippen LogP) is 1.40. The molecular formula is C11H19NO3. The van der Waals surface area contributed by atoms with E-state index in [0.717, 1.165) is 12.8 Å². The van der Waals surface area contributed by atoms with Crippen molar-refractivity contribution in [2.75, 3.05) is 0 Å². The lowest BCUT2D eigenvalue weighted by Crippen LogP contribution is -2.61. The van der Waals surface area contributed by atoms with Crippen molar-refractivity contribution in [3.8, 4) is 0 Å². The molecule has 0 radical (unpaired) electrons. The number of carbonyl (C=O) groups is 2. The zero-order valence-electron chi connectivity index (χ0n) is 9.54. The summed E-state index contributed by atoms with van der Waals surface area (Å²) < 4.78 is 0. The Bertz CT molecular complexity index is 277. The van der Waals surface area contributed by atoms with Crippen LogP contribution in [0.1, 0.15) is 40.0 Å². The minimum Gasteiger partial charge on any atom is -0.479 e. The summed E-state index contributed by atoms with van der Waals surface area (Å²) in [6.07, 6.45) is 2.43. The van der Waals surface area contributed by atoms with Crippen LogP contribution in [0, 0.1) is 11.8 Å². The van der Waals surface area contributed by atoms with Crippen molar-refractivity contribution in [3.63, 3.8) is 0 Å². The first-order chi connectivity index (χ1) is 6.90. The zero-order valence-corrected chi connectivity index (χ0v) is 9.54. The highest BCUT2D eigenvalue weighted by Crippen LogP contribution is 2.37. The maximum absolute atomic E-state index is 11.4. The molecule has 0 aliphatic heterocycles. The molecule has 1 saturated carbocycles. The van der Waals surface area contributed by atoms with Crippen molar-refractivity contribution in [1.82, 2.24) is 5.32 Å². The Morgan fingerprint density at radius 2 is 2.00 bits per heavy atom. The summed E-state index contributed by atoms with van der Waals surface area (Å²) in [6.45, 7) is 5.33. The number of carboxylic acids is 1. The number of rotatable bonds is 2. The highest BCUT2D eigenvalue weighted by atomic mass is 16.4. The van der Waals surface area contributed by atoms with Crippen LogP contribution in [-0.4, -0.2) is 22.5 Å². The Balaban J connectivity index is 2.97. The molecule has 1 aliphatic carbocycles. The van der Waals surface area contributed by atoms with Gasteiger partial charge in [-0.25, -0.2) is 4.79 Å². The van der Waals surface area contributed by atoms with Gasteiger partial charge in [-0.1, -0.05) is 26.7 Å². The van der Waals surface area contributed by atoms with Gasteiger partial charge in [-0.2, -0.15) is 0 Å². The highest BCUT2D eigenvalue weighted by molar-refractivity contribution is 5.86.